The summed E-state index contributed by atoms with van der Waals surface area (Å²) in [5.74, 6) is -0.228. The van der Waals surface area contributed by atoms with Crippen LogP contribution in [0.15, 0.2) is 60.8 Å². The van der Waals surface area contributed by atoms with Gasteiger partial charge in [0.25, 0.3) is 5.91 Å². The number of carbonyl (C=O) groups is 2. The van der Waals surface area contributed by atoms with Crippen molar-refractivity contribution in [1.82, 2.24) is 14.8 Å². The van der Waals surface area contributed by atoms with Gasteiger partial charge in [0.05, 0.1) is 25.3 Å². The summed E-state index contributed by atoms with van der Waals surface area (Å²) in [4.78, 5) is 33.2. The number of hydrogen-bond donors (Lipinski definition) is 2. The van der Waals surface area contributed by atoms with E-state index in [1.807, 2.05) is 57.3 Å². The van der Waals surface area contributed by atoms with Crippen LogP contribution in [-0.4, -0.2) is 82.9 Å². The molecule has 9 heteroatoms. The van der Waals surface area contributed by atoms with E-state index in [0.29, 0.717) is 25.2 Å². The first-order chi connectivity index (χ1) is 18.7. The molecule has 0 unspecified atom stereocenters. The van der Waals surface area contributed by atoms with Crippen LogP contribution >= 0.6 is 0 Å². The number of carboxylic acid groups (broad SMARTS) is 1. The van der Waals surface area contributed by atoms with Gasteiger partial charge in [-0.3, -0.25) is 9.69 Å². The van der Waals surface area contributed by atoms with E-state index in [1.54, 1.807) is 36.4 Å². The van der Waals surface area contributed by atoms with Crippen molar-refractivity contribution in [1.29, 1.82) is 0 Å². The lowest BCUT2D eigenvalue weighted by molar-refractivity contribution is 0.0325. The Morgan fingerprint density at radius 1 is 1.18 bits per heavy atom. The van der Waals surface area contributed by atoms with Gasteiger partial charge in [-0.1, -0.05) is 31.2 Å². The highest BCUT2D eigenvalue weighted by molar-refractivity contribution is 5.98. The van der Waals surface area contributed by atoms with Crippen LogP contribution in [0, 0.1) is 5.92 Å². The minimum Gasteiger partial charge on any atom is -0.497 e. The minimum absolute atomic E-state index is 0.0454. The molecule has 0 fully saturated rings. The van der Waals surface area contributed by atoms with Gasteiger partial charge in [0.15, 0.2) is 0 Å². The van der Waals surface area contributed by atoms with Crippen molar-refractivity contribution in [3.63, 3.8) is 0 Å². The van der Waals surface area contributed by atoms with E-state index in [2.05, 4.69) is 9.88 Å². The average molecular weight is 534 g/mol. The molecular weight excluding hydrogens is 498 g/mol. The molecule has 0 radical (unpaired) electrons. The van der Waals surface area contributed by atoms with Gasteiger partial charge in [-0.2, -0.15) is 0 Å². The number of aromatic nitrogens is 1. The number of rotatable bonds is 9. The normalized spacial score (nSPS) is 18.1. The monoisotopic (exact) mass is 533 g/mol. The SMILES string of the molecule is COc1ccc(-c2cnc3c(c2)C(=O)N([C@@H](C)CO)C[C@H](C)[C@@H](CN(C)Cc2ccc(C(=O)O)cc2)O3)cc1. The van der Waals surface area contributed by atoms with Gasteiger partial charge in [0, 0.05) is 37.3 Å². The molecular formula is C30H35N3O6. The predicted octanol–water partition coefficient (Wildman–Crippen LogP) is 3.81. The van der Waals surface area contributed by atoms with Gasteiger partial charge in [-0.05, 0) is 55.4 Å². The van der Waals surface area contributed by atoms with Crippen LogP contribution in [0.2, 0.25) is 0 Å². The van der Waals surface area contributed by atoms with Crippen LogP contribution in [0.1, 0.15) is 40.1 Å². The number of pyridine rings is 1. The number of fused-ring (bicyclic) bond motifs is 1. The summed E-state index contributed by atoms with van der Waals surface area (Å²) in [6.07, 6.45) is 1.41. The second-order valence-electron chi connectivity index (χ2n) is 10.1. The minimum atomic E-state index is -0.954. The van der Waals surface area contributed by atoms with E-state index < -0.39 is 5.97 Å². The summed E-state index contributed by atoms with van der Waals surface area (Å²) in [5.41, 5.74) is 3.25. The Balaban J connectivity index is 1.61. The molecule has 39 heavy (non-hydrogen) atoms. The van der Waals surface area contributed by atoms with E-state index in [4.69, 9.17) is 14.6 Å². The molecule has 1 aromatic heterocycles. The lowest BCUT2D eigenvalue weighted by Crippen LogP contribution is -2.49. The fraction of sp³-hybridized carbons (Fsp3) is 0.367. The Labute approximate surface area is 228 Å². The van der Waals surface area contributed by atoms with Crippen molar-refractivity contribution in [3.8, 4) is 22.8 Å². The summed E-state index contributed by atoms with van der Waals surface area (Å²) >= 11 is 0. The van der Waals surface area contributed by atoms with Gasteiger partial charge in [-0.15, -0.1) is 0 Å². The number of carbonyl (C=O) groups excluding carboxylic acids is 1. The Hall–Kier alpha value is -3.95. The molecule has 0 saturated carbocycles. The van der Waals surface area contributed by atoms with E-state index >= 15 is 0 Å². The number of benzene rings is 2. The number of aromatic carboxylic acids is 1. The molecule has 1 aliphatic rings. The molecule has 0 spiro atoms. The van der Waals surface area contributed by atoms with Crippen molar-refractivity contribution in [2.75, 3.05) is 33.9 Å². The first kappa shape index (κ1) is 28.1. The third-order valence-corrected chi connectivity index (χ3v) is 7.09. The second-order valence-corrected chi connectivity index (χ2v) is 10.1. The number of carboxylic acids is 1. The zero-order chi connectivity index (χ0) is 28.1. The summed E-state index contributed by atoms with van der Waals surface area (Å²) in [5, 5.41) is 19.1. The number of aliphatic hydroxyl groups is 1. The number of nitrogens with zero attached hydrogens (tertiary/aromatic N) is 3. The molecule has 0 saturated heterocycles. The molecule has 0 bridgehead atoms. The molecule has 4 rings (SSSR count). The van der Waals surface area contributed by atoms with Gasteiger partial charge in [-0.25, -0.2) is 9.78 Å². The van der Waals surface area contributed by atoms with Crippen molar-refractivity contribution >= 4 is 11.9 Å². The summed E-state index contributed by atoms with van der Waals surface area (Å²) in [6, 6.07) is 15.8. The Morgan fingerprint density at radius 2 is 1.87 bits per heavy atom. The lowest BCUT2D eigenvalue weighted by Gasteiger charge is -2.37. The quantitative estimate of drug-likeness (QED) is 0.427. The molecule has 3 atom stereocenters. The third-order valence-electron chi connectivity index (χ3n) is 7.09. The average Bonchev–Trinajstić information content (AvgIpc) is 2.94. The number of amides is 1. The highest BCUT2D eigenvalue weighted by Crippen LogP contribution is 2.31. The number of ether oxygens (including phenoxy) is 2. The Morgan fingerprint density at radius 3 is 2.49 bits per heavy atom. The van der Waals surface area contributed by atoms with E-state index in [1.165, 1.54) is 0 Å². The van der Waals surface area contributed by atoms with Crippen LogP contribution in [0.25, 0.3) is 11.1 Å². The van der Waals surface area contributed by atoms with Crippen LogP contribution in [0.3, 0.4) is 0 Å². The molecule has 2 heterocycles. The predicted molar refractivity (Wildman–Crippen MR) is 147 cm³/mol. The van der Waals surface area contributed by atoms with Gasteiger partial charge >= 0.3 is 5.97 Å². The maximum atomic E-state index is 13.7. The van der Waals surface area contributed by atoms with E-state index in [0.717, 1.165) is 22.4 Å². The third kappa shape index (κ3) is 6.55. The Bertz CT molecular complexity index is 1300. The fourth-order valence-electron chi connectivity index (χ4n) is 4.70. The number of methoxy groups -OCH3 is 1. The maximum Gasteiger partial charge on any atom is 0.335 e. The van der Waals surface area contributed by atoms with E-state index in [9.17, 15) is 14.7 Å². The number of hydrogen-bond acceptors (Lipinski definition) is 7. The Kier molecular flexibility index (Phi) is 8.83. The zero-order valence-corrected chi connectivity index (χ0v) is 22.7. The maximum absolute atomic E-state index is 13.7. The number of aliphatic hydroxyl groups excluding tert-OH is 1. The topological polar surface area (TPSA) is 112 Å². The van der Waals surface area contributed by atoms with E-state index in [-0.39, 0.29) is 42.0 Å². The number of likely N-dealkylation sites (N-methyl/N-ethyl adjacent to an activating group) is 1. The van der Waals surface area contributed by atoms with Crippen LogP contribution in [-0.2, 0) is 6.54 Å². The molecule has 9 nitrogen and oxygen atoms in total. The summed E-state index contributed by atoms with van der Waals surface area (Å²) < 4.78 is 11.7. The summed E-state index contributed by atoms with van der Waals surface area (Å²) in [6.45, 7) is 5.27. The largest absolute Gasteiger partial charge is 0.497 e. The lowest BCUT2D eigenvalue weighted by atomic mass is 9.99. The van der Waals surface area contributed by atoms with Crippen molar-refractivity contribution in [2.24, 2.45) is 5.92 Å². The molecule has 2 N–H and O–H groups in total. The molecule has 1 amide bonds. The van der Waals surface area contributed by atoms with Crippen molar-refractivity contribution in [3.05, 3.63) is 77.5 Å². The summed E-state index contributed by atoms with van der Waals surface area (Å²) in [7, 11) is 3.58. The highest BCUT2D eigenvalue weighted by Gasteiger charge is 2.34. The van der Waals surface area contributed by atoms with Gasteiger partial charge in [0.2, 0.25) is 5.88 Å². The van der Waals surface area contributed by atoms with Crippen LogP contribution in [0.4, 0.5) is 0 Å². The first-order valence-corrected chi connectivity index (χ1v) is 12.9. The van der Waals surface area contributed by atoms with Crippen molar-refractivity contribution < 1.29 is 29.3 Å². The fourth-order valence-corrected chi connectivity index (χ4v) is 4.70. The van der Waals surface area contributed by atoms with Crippen LogP contribution in [0.5, 0.6) is 11.6 Å². The van der Waals surface area contributed by atoms with Crippen LogP contribution < -0.4 is 9.47 Å². The zero-order valence-electron chi connectivity index (χ0n) is 22.7. The molecule has 206 valence electrons. The molecule has 3 aromatic rings. The highest BCUT2D eigenvalue weighted by atomic mass is 16.5. The second kappa shape index (κ2) is 12.3. The molecule has 1 aliphatic heterocycles. The molecule has 2 aromatic carbocycles. The first-order valence-electron chi connectivity index (χ1n) is 12.9. The smallest absolute Gasteiger partial charge is 0.335 e. The van der Waals surface area contributed by atoms with Gasteiger partial charge < -0.3 is 24.6 Å². The standard InChI is InChI=1S/C30H35N3O6/c1-19-15-33(20(2)18-34)29(35)26-13-24(22-9-11-25(38-4)12-10-22)14-31-28(26)39-27(19)17-32(3)16-21-5-7-23(8-6-21)30(36)37/h5-14,19-20,27,34H,15-18H2,1-4H3,(H,36,37)/t19-,20-,27+/m0/s1. The van der Waals surface area contributed by atoms with Crippen molar-refractivity contribution in [2.45, 2.75) is 32.5 Å². The van der Waals surface area contributed by atoms with Gasteiger partial charge in [0.1, 0.15) is 17.4 Å². The molecule has 0 aliphatic carbocycles.